The molecule has 0 bridgehead atoms. The molecule has 20 heavy (non-hydrogen) atoms. The Hall–Kier alpha value is -1.27. The lowest BCUT2D eigenvalue weighted by Crippen LogP contribution is -1.99. The summed E-state index contributed by atoms with van der Waals surface area (Å²) in [5.41, 5.74) is 1.20. The van der Waals surface area contributed by atoms with E-state index in [9.17, 15) is 0 Å². The summed E-state index contributed by atoms with van der Waals surface area (Å²) in [7, 11) is 0. The Morgan fingerprint density at radius 2 is 2.20 bits per heavy atom. The van der Waals surface area contributed by atoms with Crippen LogP contribution in [0.1, 0.15) is 25.3 Å². The van der Waals surface area contributed by atoms with Gasteiger partial charge in [-0.25, -0.2) is 0 Å². The van der Waals surface area contributed by atoms with Crippen LogP contribution >= 0.6 is 23.1 Å². The summed E-state index contributed by atoms with van der Waals surface area (Å²) in [6, 6.07) is 8.78. The van der Waals surface area contributed by atoms with Crippen LogP contribution in [0.25, 0.3) is 0 Å². The Kier molecular flexibility index (Phi) is 4.42. The van der Waals surface area contributed by atoms with Gasteiger partial charge in [0.05, 0.1) is 6.61 Å². The molecule has 0 amide bonds. The minimum absolute atomic E-state index is 0.625. The fourth-order valence-corrected chi connectivity index (χ4v) is 3.61. The summed E-state index contributed by atoms with van der Waals surface area (Å²) in [6.07, 6.45) is 2.51. The van der Waals surface area contributed by atoms with Crippen LogP contribution in [0.15, 0.2) is 28.6 Å². The normalized spacial score (nSPS) is 14.2. The molecule has 1 aromatic heterocycles. The molecule has 106 valence electrons. The fraction of sp³-hybridized carbons (Fsp3) is 0.429. The highest BCUT2D eigenvalue weighted by atomic mass is 32.2. The molecule has 6 heteroatoms. The highest BCUT2D eigenvalue weighted by Crippen LogP contribution is 2.33. The first-order valence-electron chi connectivity index (χ1n) is 6.78. The number of ether oxygens (including phenoxy) is 1. The van der Waals surface area contributed by atoms with Gasteiger partial charge in [0, 0.05) is 17.4 Å². The molecule has 0 spiro atoms. The van der Waals surface area contributed by atoms with Crippen LogP contribution in [0.3, 0.4) is 0 Å². The summed E-state index contributed by atoms with van der Waals surface area (Å²) in [5, 5.41) is 12.7. The van der Waals surface area contributed by atoms with Crippen molar-refractivity contribution in [1.82, 2.24) is 10.2 Å². The van der Waals surface area contributed by atoms with Crippen molar-refractivity contribution in [3.05, 3.63) is 29.8 Å². The monoisotopic (exact) mass is 307 g/mol. The van der Waals surface area contributed by atoms with Crippen molar-refractivity contribution < 1.29 is 4.74 Å². The zero-order valence-electron chi connectivity index (χ0n) is 11.3. The van der Waals surface area contributed by atoms with Gasteiger partial charge in [0.1, 0.15) is 5.75 Å². The molecule has 1 fully saturated rings. The van der Waals surface area contributed by atoms with E-state index in [0.29, 0.717) is 12.6 Å². The molecule has 1 saturated carbocycles. The van der Waals surface area contributed by atoms with Crippen molar-refractivity contribution in [1.29, 1.82) is 0 Å². The molecule has 0 unspecified atom stereocenters. The predicted octanol–water partition coefficient (Wildman–Crippen LogP) is 3.80. The summed E-state index contributed by atoms with van der Waals surface area (Å²) < 4.78 is 6.63. The van der Waals surface area contributed by atoms with Crippen LogP contribution in [0.5, 0.6) is 5.75 Å². The lowest BCUT2D eigenvalue weighted by Gasteiger charge is -2.08. The maximum absolute atomic E-state index is 5.63. The third-order valence-electron chi connectivity index (χ3n) is 2.94. The molecule has 0 saturated heterocycles. The maximum Gasteiger partial charge on any atom is 0.206 e. The molecule has 3 rings (SSSR count). The SMILES string of the molecule is CCOc1ccccc1CSc1nnc(NC2CC2)s1. The smallest absolute Gasteiger partial charge is 0.206 e. The predicted molar refractivity (Wildman–Crippen MR) is 83.7 cm³/mol. The second-order valence-corrected chi connectivity index (χ2v) is 6.82. The van der Waals surface area contributed by atoms with Gasteiger partial charge in [-0.1, -0.05) is 41.3 Å². The highest BCUT2D eigenvalue weighted by molar-refractivity contribution is 8.00. The topological polar surface area (TPSA) is 47.0 Å². The van der Waals surface area contributed by atoms with Gasteiger partial charge in [-0.3, -0.25) is 0 Å². The van der Waals surface area contributed by atoms with Crippen molar-refractivity contribution in [2.24, 2.45) is 0 Å². The zero-order chi connectivity index (χ0) is 13.8. The molecular weight excluding hydrogens is 290 g/mol. The van der Waals surface area contributed by atoms with Crippen LogP contribution in [0, 0.1) is 0 Å². The molecule has 0 aliphatic heterocycles. The maximum atomic E-state index is 5.63. The Morgan fingerprint density at radius 3 is 3.00 bits per heavy atom. The molecular formula is C14H17N3OS2. The van der Waals surface area contributed by atoms with E-state index in [4.69, 9.17) is 4.74 Å². The molecule has 0 radical (unpaired) electrons. The zero-order valence-corrected chi connectivity index (χ0v) is 13.0. The minimum atomic E-state index is 0.625. The van der Waals surface area contributed by atoms with E-state index in [-0.39, 0.29) is 0 Å². The van der Waals surface area contributed by atoms with E-state index in [1.165, 1.54) is 18.4 Å². The van der Waals surface area contributed by atoms with Gasteiger partial charge in [-0.05, 0) is 25.8 Å². The van der Waals surface area contributed by atoms with Crippen molar-refractivity contribution in [2.45, 2.75) is 35.9 Å². The van der Waals surface area contributed by atoms with Crippen molar-refractivity contribution in [2.75, 3.05) is 11.9 Å². The summed E-state index contributed by atoms with van der Waals surface area (Å²) in [5.74, 6) is 1.82. The molecule has 1 aromatic carbocycles. The first kappa shape index (κ1) is 13.7. The number of anilines is 1. The quantitative estimate of drug-likeness (QED) is 0.788. The van der Waals surface area contributed by atoms with Crippen LogP contribution in [-0.2, 0) is 5.75 Å². The number of nitrogens with one attached hydrogen (secondary N) is 1. The van der Waals surface area contributed by atoms with Gasteiger partial charge >= 0.3 is 0 Å². The average Bonchev–Trinajstić information content (AvgIpc) is 3.16. The second-order valence-electron chi connectivity index (χ2n) is 4.62. The molecule has 1 aliphatic carbocycles. The fourth-order valence-electron chi connectivity index (χ4n) is 1.79. The van der Waals surface area contributed by atoms with E-state index >= 15 is 0 Å². The highest BCUT2D eigenvalue weighted by Gasteiger charge is 2.22. The van der Waals surface area contributed by atoms with E-state index in [2.05, 4.69) is 21.6 Å². The molecule has 1 N–H and O–H groups in total. The molecule has 1 heterocycles. The lowest BCUT2D eigenvalue weighted by molar-refractivity contribution is 0.337. The number of benzene rings is 1. The first-order valence-corrected chi connectivity index (χ1v) is 8.59. The number of hydrogen-bond donors (Lipinski definition) is 1. The molecule has 0 atom stereocenters. The van der Waals surface area contributed by atoms with Crippen LogP contribution in [-0.4, -0.2) is 22.8 Å². The van der Waals surface area contributed by atoms with Crippen molar-refractivity contribution in [3.63, 3.8) is 0 Å². The number of para-hydroxylation sites is 1. The van der Waals surface area contributed by atoms with Gasteiger partial charge in [-0.2, -0.15) is 0 Å². The van der Waals surface area contributed by atoms with Crippen molar-refractivity contribution in [3.8, 4) is 5.75 Å². The summed E-state index contributed by atoms with van der Waals surface area (Å²) in [4.78, 5) is 0. The first-order chi connectivity index (χ1) is 9.85. The Morgan fingerprint density at radius 1 is 1.35 bits per heavy atom. The third-order valence-corrected chi connectivity index (χ3v) is 4.97. The van der Waals surface area contributed by atoms with E-state index < -0.39 is 0 Å². The molecule has 2 aromatic rings. The standard InChI is InChI=1S/C14H17N3OS2/c1-2-18-12-6-4-3-5-10(12)9-19-14-17-16-13(20-14)15-11-7-8-11/h3-6,11H,2,7-9H2,1H3,(H,15,16). The Balaban J connectivity index is 1.59. The number of thioether (sulfide) groups is 1. The van der Waals surface area contributed by atoms with E-state index in [1.807, 2.05) is 25.1 Å². The average molecular weight is 307 g/mol. The summed E-state index contributed by atoms with van der Waals surface area (Å²) in [6.45, 7) is 2.69. The van der Waals surface area contributed by atoms with Gasteiger partial charge in [0.15, 0.2) is 4.34 Å². The summed E-state index contributed by atoms with van der Waals surface area (Å²) >= 11 is 3.34. The molecule has 4 nitrogen and oxygen atoms in total. The van der Waals surface area contributed by atoms with Gasteiger partial charge in [-0.15, -0.1) is 10.2 Å². The van der Waals surface area contributed by atoms with Gasteiger partial charge < -0.3 is 10.1 Å². The van der Waals surface area contributed by atoms with Crippen LogP contribution < -0.4 is 10.1 Å². The Bertz CT molecular complexity index is 569. The van der Waals surface area contributed by atoms with E-state index in [1.54, 1.807) is 23.1 Å². The van der Waals surface area contributed by atoms with Crippen molar-refractivity contribution >= 4 is 28.2 Å². The van der Waals surface area contributed by atoms with Crippen LogP contribution in [0.4, 0.5) is 5.13 Å². The largest absolute Gasteiger partial charge is 0.494 e. The Labute approximate surface area is 127 Å². The number of nitrogens with zero attached hydrogens (tertiary/aromatic N) is 2. The molecule has 1 aliphatic rings. The number of hydrogen-bond acceptors (Lipinski definition) is 6. The number of aromatic nitrogens is 2. The lowest BCUT2D eigenvalue weighted by atomic mass is 10.2. The third kappa shape index (κ3) is 3.64. The second kappa shape index (κ2) is 6.45. The minimum Gasteiger partial charge on any atom is -0.494 e. The number of rotatable bonds is 7. The van der Waals surface area contributed by atoms with E-state index in [0.717, 1.165) is 21.0 Å². The van der Waals surface area contributed by atoms with Crippen LogP contribution in [0.2, 0.25) is 0 Å². The van der Waals surface area contributed by atoms with Gasteiger partial charge in [0.25, 0.3) is 0 Å². The van der Waals surface area contributed by atoms with Gasteiger partial charge in [0.2, 0.25) is 5.13 Å².